The molecule has 3 rings (SSSR count). The van der Waals surface area contributed by atoms with Crippen LogP contribution in [-0.2, 0) is 20.7 Å². The van der Waals surface area contributed by atoms with Gasteiger partial charge >= 0.3 is 5.97 Å². The summed E-state index contributed by atoms with van der Waals surface area (Å²) >= 11 is 0. The minimum atomic E-state index is -0.576. The summed E-state index contributed by atoms with van der Waals surface area (Å²) in [6.45, 7) is 2.11. The molecule has 2 aromatic carbocycles. The molecule has 0 saturated heterocycles. The summed E-state index contributed by atoms with van der Waals surface area (Å²) in [5.41, 5.74) is 2.57. The van der Waals surface area contributed by atoms with Gasteiger partial charge in [-0.2, -0.15) is 0 Å². The lowest BCUT2D eigenvalue weighted by molar-refractivity contribution is -0.136. The van der Waals surface area contributed by atoms with Crippen LogP contribution < -0.4 is 18.9 Å². The number of methoxy groups -OCH3 is 5. The van der Waals surface area contributed by atoms with Crippen molar-refractivity contribution in [3.05, 3.63) is 64.4 Å². The first-order valence-corrected chi connectivity index (χ1v) is 10.6. The van der Waals surface area contributed by atoms with E-state index < -0.39 is 5.97 Å². The minimum Gasteiger partial charge on any atom is -0.493 e. The molecule has 8 heteroatoms. The van der Waals surface area contributed by atoms with E-state index >= 15 is 0 Å². The second-order valence-corrected chi connectivity index (χ2v) is 7.49. The van der Waals surface area contributed by atoms with E-state index in [-0.39, 0.29) is 17.1 Å². The summed E-state index contributed by atoms with van der Waals surface area (Å²) in [7, 11) is 7.51. The maximum atomic E-state index is 13.4. The lowest BCUT2D eigenvalue weighted by Crippen LogP contribution is -2.27. The van der Waals surface area contributed by atoms with Crippen LogP contribution in [0.15, 0.2) is 53.2 Å². The highest BCUT2D eigenvalue weighted by atomic mass is 16.5. The van der Waals surface area contributed by atoms with E-state index in [0.717, 1.165) is 5.56 Å². The van der Waals surface area contributed by atoms with E-state index in [4.69, 9.17) is 23.7 Å². The third-order valence-corrected chi connectivity index (χ3v) is 5.71. The molecule has 0 N–H and O–H groups in total. The Bertz CT molecular complexity index is 1150. The SMILES string of the molecule is COC(=O)C1=C(C)N(CCc2ccc(OC)c(OC)c2)C(=O)C1=Cc1cccc(OC)c1OC. The fourth-order valence-electron chi connectivity index (χ4n) is 3.96. The smallest absolute Gasteiger partial charge is 0.340 e. The van der Waals surface area contributed by atoms with Crippen molar-refractivity contribution in [2.24, 2.45) is 0 Å². The summed E-state index contributed by atoms with van der Waals surface area (Å²) in [6.07, 6.45) is 2.18. The number of carbonyl (C=O) groups is 2. The van der Waals surface area contributed by atoms with Gasteiger partial charge in [0.25, 0.3) is 5.91 Å². The van der Waals surface area contributed by atoms with Crippen LogP contribution in [0.2, 0.25) is 0 Å². The predicted molar refractivity (Wildman–Crippen MR) is 127 cm³/mol. The van der Waals surface area contributed by atoms with Gasteiger partial charge in [0.05, 0.1) is 46.7 Å². The van der Waals surface area contributed by atoms with Crippen LogP contribution in [0, 0.1) is 0 Å². The Labute approximate surface area is 199 Å². The number of allylic oxidation sites excluding steroid dienone is 1. The standard InChI is InChI=1S/C26H29NO7/c1-16-23(26(29)34-6)19(15-18-8-7-9-21(31-3)24(18)33-5)25(28)27(16)13-12-17-10-11-20(30-2)22(14-17)32-4/h7-11,14-15H,12-13H2,1-6H3. The molecule has 0 aliphatic carbocycles. The molecular weight excluding hydrogens is 438 g/mol. The van der Waals surface area contributed by atoms with Crippen LogP contribution in [-0.4, -0.2) is 58.9 Å². The van der Waals surface area contributed by atoms with E-state index in [2.05, 4.69) is 0 Å². The van der Waals surface area contributed by atoms with Gasteiger partial charge in [0.1, 0.15) is 0 Å². The van der Waals surface area contributed by atoms with Crippen LogP contribution in [0.4, 0.5) is 0 Å². The van der Waals surface area contributed by atoms with Crippen LogP contribution in [0.25, 0.3) is 6.08 Å². The normalized spacial score (nSPS) is 14.5. The van der Waals surface area contributed by atoms with Crippen molar-refractivity contribution in [2.75, 3.05) is 42.1 Å². The molecule has 0 fully saturated rings. The number of ether oxygens (including phenoxy) is 5. The molecule has 1 amide bonds. The molecule has 34 heavy (non-hydrogen) atoms. The largest absolute Gasteiger partial charge is 0.493 e. The number of amides is 1. The molecular formula is C26H29NO7. The van der Waals surface area contributed by atoms with Crippen LogP contribution in [0.5, 0.6) is 23.0 Å². The number of para-hydroxylation sites is 1. The number of rotatable bonds is 9. The van der Waals surface area contributed by atoms with Gasteiger partial charge < -0.3 is 28.6 Å². The monoisotopic (exact) mass is 467 g/mol. The molecule has 0 radical (unpaired) electrons. The highest BCUT2D eigenvalue weighted by Gasteiger charge is 2.37. The van der Waals surface area contributed by atoms with E-state index in [9.17, 15) is 9.59 Å². The Kier molecular flexibility index (Phi) is 7.83. The van der Waals surface area contributed by atoms with Crippen molar-refractivity contribution in [2.45, 2.75) is 13.3 Å². The molecule has 0 unspecified atom stereocenters. The summed E-state index contributed by atoms with van der Waals surface area (Å²) in [5.74, 6) is 1.37. The van der Waals surface area contributed by atoms with Crippen molar-refractivity contribution in [1.29, 1.82) is 0 Å². The Morgan fingerprint density at radius 3 is 2.24 bits per heavy atom. The zero-order valence-corrected chi connectivity index (χ0v) is 20.3. The third-order valence-electron chi connectivity index (χ3n) is 5.71. The van der Waals surface area contributed by atoms with Crippen molar-refractivity contribution >= 4 is 18.0 Å². The fraction of sp³-hybridized carbons (Fsp3) is 0.308. The number of hydrogen-bond acceptors (Lipinski definition) is 7. The molecule has 8 nitrogen and oxygen atoms in total. The average Bonchev–Trinajstić information content (AvgIpc) is 3.10. The summed E-state index contributed by atoms with van der Waals surface area (Å²) in [5, 5.41) is 0. The molecule has 1 heterocycles. The van der Waals surface area contributed by atoms with Crippen molar-refractivity contribution < 1.29 is 33.3 Å². The molecule has 0 bridgehead atoms. The Balaban J connectivity index is 1.96. The Morgan fingerprint density at radius 1 is 0.912 bits per heavy atom. The zero-order valence-electron chi connectivity index (χ0n) is 20.3. The van der Waals surface area contributed by atoms with Gasteiger partial charge in [0, 0.05) is 17.8 Å². The molecule has 0 spiro atoms. The molecule has 180 valence electrons. The third kappa shape index (κ3) is 4.71. The Hall–Kier alpha value is -3.94. The van der Waals surface area contributed by atoms with Gasteiger partial charge in [-0.25, -0.2) is 4.79 Å². The van der Waals surface area contributed by atoms with Gasteiger partial charge in [-0.3, -0.25) is 4.79 Å². The summed E-state index contributed by atoms with van der Waals surface area (Å²) in [6, 6.07) is 10.9. The average molecular weight is 468 g/mol. The molecule has 2 aromatic rings. The van der Waals surface area contributed by atoms with Gasteiger partial charge in [-0.05, 0) is 43.2 Å². The number of hydrogen-bond donors (Lipinski definition) is 0. The van der Waals surface area contributed by atoms with Gasteiger partial charge in [0.15, 0.2) is 23.0 Å². The first kappa shape index (κ1) is 24.7. The van der Waals surface area contributed by atoms with Crippen molar-refractivity contribution in [3.8, 4) is 23.0 Å². The van der Waals surface area contributed by atoms with Gasteiger partial charge in [0.2, 0.25) is 0 Å². The number of esters is 1. The first-order valence-electron chi connectivity index (χ1n) is 10.6. The van der Waals surface area contributed by atoms with Crippen LogP contribution in [0.3, 0.4) is 0 Å². The summed E-state index contributed by atoms with van der Waals surface area (Å²) in [4.78, 5) is 27.7. The van der Waals surface area contributed by atoms with Crippen molar-refractivity contribution in [1.82, 2.24) is 4.90 Å². The Morgan fingerprint density at radius 2 is 1.62 bits per heavy atom. The minimum absolute atomic E-state index is 0.227. The fourth-order valence-corrected chi connectivity index (χ4v) is 3.96. The maximum absolute atomic E-state index is 13.4. The van der Waals surface area contributed by atoms with Gasteiger partial charge in [-0.15, -0.1) is 0 Å². The number of nitrogens with zero attached hydrogens (tertiary/aromatic N) is 1. The van der Waals surface area contributed by atoms with Crippen LogP contribution >= 0.6 is 0 Å². The highest BCUT2D eigenvalue weighted by Crippen LogP contribution is 2.37. The van der Waals surface area contributed by atoms with E-state index in [1.807, 2.05) is 18.2 Å². The molecule has 0 atom stereocenters. The lowest BCUT2D eigenvalue weighted by Gasteiger charge is -2.18. The topological polar surface area (TPSA) is 83.5 Å². The second kappa shape index (κ2) is 10.8. The van der Waals surface area contributed by atoms with Crippen molar-refractivity contribution in [3.63, 3.8) is 0 Å². The predicted octanol–water partition coefficient (Wildman–Crippen LogP) is 3.64. The van der Waals surface area contributed by atoms with Crippen LogP contribution in [0.1, 0.15) is 18.1 Å². The molecule has 0 saturated carbocycles. The highest BCUT2D eigenvalue weighted by molar-refractivity contribution is 6.16. The first-order chi connectivity index (χ1) is 16.4. The molecule has 1 aliphatic rings. The lowest BCUT2D eigenvalue weighted by atomic mass is 10.0. The number of benzene rings is 2. The van der Waals surface area contributed by atoms with E-state index in [1.54, 1.807) is 50.3 Å². The molecule has 0 aromatic heterocycles. The van der Waals surface area contributed by atoms with E-state index in [1.165, 1.54) is 21.3 Å². The second-order valence-electron chi connectivity index (χ2n) is 7.49. The zero-order chi connectivity index (χ0) is 24.8. The quantitative estimate of drug-likeness (QED) is 0.411. The number of carbonyl (C=O) groups excluding carboxylic acids is 2. The van der Waals surface area contributed by atoms with Gasteiger partial charge in [-0.1, -0.05) is 18.2 Å². The van der Waals surface area contributed by atoms with E-state index in [0.29, 0.717) is 47.2 Å². The molecule has 1 aliphatic heterocycles. The maximum Gasteiger partial charge on any atom is 0.340 e. The summed E-state index contributed by atoms with van der Waals surface area (Å²) < 4.78 is 26.5.